The Hall–Kier alpha value is -2.46. The number of hydrogen-bond donors (Lipinski definition) is 2. The molecule has 1 aromatic carbocycles. The van der Waals surface area contributed by atoms with Crippen molar-refractivity contribution in [3.05, 3.63) is 29.8 Å². The van der Waals surface area contributed by atoms with Crippen LogP contribution in [0.1, 0.15) is 43.0 Å². The molecule has 2 N–H and O–H groups in total. The number of Topliss-reactive ketones (excluding diaryl/α,β-unsaturated/α-hetero) is 1. The molecule has 2 saturated heterocycles. The number of carbonyl (C=O) groups excluding carboxylic acids is 3. The molecule has 1 aliphatic carbocycles. The minimum absolute atomic E-state index is 0.0180. The lowest BCUT2D eigenvalue weighted by Gasteiger charge is -2.30. The van der Waals surface area contributed by atoms with Crippen molar-refractivity contribution in [1.29, 1.82) is 0 Å². The van der Waals surface area contributed by atoms with Gasteiger partial charge in [0.15, 0.2) is 5.78 Å². The highest BCUT2D eigenvalue weighted by Gasteiger charge is 2.52. The molecular formula is C22H29N3O6S. The van der Waals surface area contributed by atoms with Crippen molar-refractivity contribution in [3.63, 3.8) is 0 Å². The van der Waals surface area contributed by atoms with E-state index in [0.717, 1.165) is 31.9 Å². The molecule has 4 rings (SSSR count). The molecule has 1 saturated carbocycles. The Morgan fingerprint density at radius 2 is 1.81 bits per heavy atom. The van der Waals surface area contributed by atoms with Gasteiger partial charge >= 0.3 is 0 Å². The highest BCUT2D eigenvalue weighted by atomic mass is 32.2. The lowest BCUT2D eigenvalue weighted by molar-refractivity contribution is -0.139. The predicted octanol–water partition coefficient (Wildman–Crippen LogP) is 1.16. The number of nitrogens with zero attached hydrogens (tertiary/aromatic N) is 1. The van der Waals surface area contributed by atoms with Gasteiger partial charge in [0, 0.05) is 23.7 Å². The zero-order chi connectivity index (χ0) is 23.0. The Morgan fingerprint density at radius 1 is 1.16 bits per heavy atom. The summed E-state index contributed by atoms with van der Waals surface area (Å²) in [4.78, 5) is 40.5. The Kier molecular flexibility index (Phi) is 6.26. The Morgan fingerprint density at radius 3 is 2.44 bits per heavy atom. The molecule has 4 atom stereocenters. The monoisotopic (exact) mass is 463 g/mol. The van der Waals surface area contributed by atoms with Gasteiger partial charge in [0.1, 0.15) is 18.7 Å². The van der Waals surface area contributed by atoms with Gasteiger partial charge in [-0.15, -0.1) is 0 Å². The third-order valence-electron chi connectivity index (χ3n) is 6.60. The summed E-state index contributed by atoms with van der Waals surface area (Å²) >= 11 is 0. The first-order valence-corrected chi connectivity index (χ1v) is 12.9. The number of nitrogens with one attached hydrogen (secondary N) is 2. The Bertz CT molecular complexity index is 1000. The van der Waals surface area contributed by atoms with Crippen LogP contribution < -0.4 is 10.0 Å². The molecule has 0 aromatic heterocycles. The fourth-order valence-corrected chi connectivity index (χ4v) is 5.66. The summed E-state index contributed by atoms with van der Waals surface area (Å²) in [5, 5.41) is 2.91. The molecule has 10 heteroatoms. The quantitative estimate of drug-likeness (QED) is 0.653. The van der Waals surface area contributed by atoms with Gasteiger partial charge in [-0.25, -0.2) is 8.42 Å². The maximum atomic E-state index is 13.6. The van der Waals surface area contributed by atoms with Crippen LogP contribution in [0.3, 0.4) is 0 Å². The van der Waals surface area contributed by atoms with E-state index in [1.165, 1.54) is 24.3 Å². The first-order valence-electron chi connectivity index (χ1n) is 11.0. The largest absolute Gasteiger partial charge is 0.367 e. The number of likely N-dealkylation sites (tertiary alicyclic amines) is 1. The highest BCUT2D eigenvalue weighted by molar-refractivity contribution is 7.92. The number of ether oxygens (including phenoxy) is 1. The molecule has 2 aliphatic heterocycles. The highest BCUT2D eigenvalue weighted by Crippen LogP contribution is 2.34. The second-order valence-corrected chi connectivity index (χ2v) is 10.9. The number of hydrogen-bond acceptors (Lipinski definition) is 6. The standard InChI is InChI=1S/C22H29N3O6S/c1-13-11-25(19-17(26)12-31-20(13)19)22(28)18(14-5-3-4-6-14)23-21(27)15-7-9-16(10-8-15)24-32(2,29)30/h7-10,13-14,18-20,24H,3-6,11-12H2,1-2H3,(H,23,27)/t13-,18-,19+,20+/m0/s1. The van der Waals surface area contributed by atoms with Crippen LogP contribution in [0.15, 0.2) is 24.3 Å². The van der Waals surface area contributed by atoms with E-state index in [1.54, 1.807) is 4.90 Å². The van der Waals surface area contributed by atoms with Gasteiger partial charge in [0.25, 0.3) is 5.91 Å². The summed E-state index contributed by atoms with van der Waals surface area (Å²) in [6.45, 7) is 2.43. The van der Waals surface area contributed by atoms with Crippen LogP contribution in [0.4, 0.5) is 5.69 Å². The van der Waals surface area contributed by atoms with Crippen molar-refractivity contribution in [2.24, 2.45) is 11.8 Å². The third kappa shape index (κ3) is 4.66. The molecule has 3 aliphatic rings. The van der Waals surface area contributed by atoms with Crippen molar-refractivity contribution < 1.29 is 27.5 Å². The number of ketones is 1. The summed E-state index contributed by atoms with van der Waals surface area (Å²) in [7, 11) is -3.42. The second-order valence-electron chi connectivity index (χ2n) is 9.10. The third-order valence-corrected chi connectivity index (χ3v) is 7.20. The van der Waals surface area contributed by atoms with Crippen molar-refractivity contribution in [2.75, 3.05) is 24.1 Å². The fourth-order valence-electron chi connectivity index (χ4n) is 5.10. The number of benzene rings is 1. The number of amides is 2. The second kappa shape index (κ2) is 8.82. The maximum Gasteiger partial charge on any atom is 0.251 e. The van der Waals surface area contributed by atoms with E-state index in [4.69, 9.17) is 4.74 Å². The molecule has 0 spiro atoms. The van der Waals surface area contributed by atoms with Gasteiger partial charge < -0.3 is 15.0 Å². The van der Waals surface area contributed by atoms with E-state index in [0.29, 0.717) is 17.8 Å². The van der Waals surface area contributed by atoms with Crippen molar-refractivity contribution in [1.82, 2.24) is 10.2 Å². The maximum absolute atomic E-state index is 13.6. The van der Waals surface area contributed by atoms with E-state index in [1.807, 2.05) is 6.92 Å². The Labute approximate surface area is 187 Å². The summed E-state index contributed by atoms with van der Waals surface area (Å²) < 4.78 is 30.7. The van der Waals surface area contributed by atoms with Crippen LogP contribution >= 0.6 is 0 Å². The van der Waals surface area contributed by atoms with E-state index in [2.05, 4.69) is 10.0 Å². The molecule has 0 bridgehead atoms. The molecule has 3 fully saturated rings. The minimum Gasteiger partial charge on any atom is -0.367 e. The van der Waals surface area contributed by atoms with Crippen LogP contribution in [0.5, 0.6) is 0 Å². The van der Waals surface area contributed by atoms with Gasteiger partial charge in [-0.2, -0.15) is 0 Å². The molecule has 0 radical (unpaired) electrons. The predicted molar refractivity (Wildman–Crippen MR) is 118 cm³/mol. The van der Waals surface area contributed by atoms with Crippen molar-refractivity contribution in [2.45, 2.75) is 50.8 Å². The van der Waals surface area contributed by atoms with Crippen LogP contribution in [0, 0.1) is 11.8 Å². The molecule has 2 amide bonds. The average Bonchev–Trinajstić information content (AvgIpc) is 3.45. The molecule has 2 heterocycles. The van der Waals surface area contributed by atoms with E-state index < -0.39 is 28.0 Å². The van der Waals surface area contributed by atoms with Gasteiger partial charge in [-0.05, 0) is 43.0 Å². The lowest BCUT2D eigenvalue weighted by atomic mass is 9.95. The molecule has 9 nitrogen and oxygen atoms in total. The summed E-state index contributed by atoms with van der Waals surface area (Å²) in [6.07, 6.45) is 4.46. The van der Waals surface area contributed by atoms with E-state index in [9.17, 15) is 22.8 Å². The van der Waals surface area contributed by atoms with Gasteiger partial charge in [-0.3, -0.25) is 19.1 Å². The number of fused-ring (bicyclic) bond motifs is 1. The van der Waals surface area contributed by atoms with Gasteiger partial charge in [-0.1, -0.05) is 19.8 Å². The van der Waals surface area contributed by atoms with E-state index in [-0.39, 0.29) is 36.2 Å². The normalized spacial score (nSPS) is 26.8. The van der Waals surface area contributed by atoms with Gasteiger partial charge in [0.2, 0.25) is 15.9 Å². The topological polar surface area (TPSA) is 122 Å². The summed E-state index contributed by atoms with van der Waals surface area (Å²) in [5.41, 5.74) is 0.678. The lowest BCUT2D eigenvalue weighted by Crippen LogP contribution is -2.54. The zero-order valence-corrected chi connectivity index (χ0v) is 19.1. The smallest absolute Gasteiger partial charge is 0.251 e. The summed E-state index contributed by atoms with van der Waals surface area (Å²) in [6, 6.07) is 4.76. The van der Waals surface area contributed by atoms with E-state index >= 15 is 0 Å². The van der Waals surface area contributed by atoms with Crippen molar-refractivity contribution >= 4 is 33.3 Å². The number of rotatable bonds is 6. The first-order chi connectivity index (χ1) is 15.1. The number of carbonyl (C=O) groups is 3. The molecule has 32 heavy (non-hydrogen) atoms. The van der Waals surface area contributed by atoms with Crippen LogP contribution in [0.25, 0.3) is 0 Å². The average molecular weight is 464 g/mol. The molecular weight excluding hydrogens is 434 g/mol. The van der Waals surface area contributed by atoms with Crippen LogP contribution in [0.2, 0.25) is 0 Å². The van der Waals surface area contributed by atoms with Gasteiger partial charge in [0.05, 0.1) is 12.4 Å². The number of sulfonamides is 1. The SMILES string of the molecule is C[C@H]1CN(C(=O)[C@@H](NC(=O)c2ccc(NS(C)(=O)=O)cc2)C2CCCC2)[C@@H]2C(=O)CO[C@@H]21. The first kappa shape index (κ1) is 22.7. The Balaban J connectivity index is 1.51. The number of anilines is 1. The van der Waals surface area contributed by atoms with Crippen LogP contribution in [-0.4, -0.2) is 68.5 Å². The fraction of sp³-hybridized carbons (Fsp3) is 0.591. The van der Waals surface area contributed by atoms with Crippen LogP contribution in [-0.2, 0) is 24.3 Å². The zero-order valence-electron chi connectivity index (χ0n) is 18.2. The molecule has 1 aromatic rings. The minimum atomic E-state index is -3.42. The molecule has 0 unspecified atom stereocenters. The molecule has 174 valence electrons. The summed E-state index contributed by atoms with van der Waals surface area (Å²) in [5.74, 6) is -0.634. The van der Waals surface area contributed by atoms with Crippen molar-refractivity contribution in [3.8, 4) is 0 Å².